The second kappa shape index (κ2) is 6.46. The molecule has 0 bridgehead atoms. The monoisotopic (exact) mass is 264 g/mol. The lowest BCUT2D eigenvalue weighted by molar-refractivity contribution is -0.0255. The number of aliphatic hydroxyl groups excluding tert-OH is 1. The van der Waals surface area contributed by atoms with E-state index in [-0.39, 0.29) is 6.61 Å². The van der Waals surface area contributed by atoms with Crippen LogP contribution in [0.25, 0.3) is 0 Å². The van der Waals surface area contributed by atoms with Crippen LogP contribution in [0.5, 0.6) is 0 Å². The van der Waals surface area contributed by atoms with Gasteiger partial charge in [0.2, 0.25) is 0 Å². The van der Waals surface area contributed by atoms with Crippen molar-refractivity contribution in [2.24, 2.45) is 0 Å². The number of pyridine rings is 1. The number of rotatable bonds is 4. The molecule has 0 spiro atoms. The second-order valence-corrected chi connectivity index (χ2v) is 5.52. The average molecular weight is 264 g/mol. The van der Waals surface area contributed by atoms with Crippen LogP contribution < -0.4 is 0 Å². The van der Waals surface area contributed by atoms with Crippen molar-refractivity contribution in [1.29, 1.82) is 0 Å². The first-order valence-electron chi connectivity index (χ1n) is 7.14. The molecule has 1 atom stereocenters. The fourth-order valence-corrected chi connectivity index (χ4v) is 2.54. The maximum atomic E-state index is 10.1. The summed E-state index contributed by atoms with van der Waals surface area (Å²) in [4.78, 5) is 6.78. The molecule has 0 radical (unpaired) electrons. The molecule has 106 valence electrons. The van der Waals surface area contributed by atoms with Crippen molar-refractivity contribution in [3.05, 3.63) is 29.6 Å². The first-order chi connectivity index (χ1) is 9.15. The van der Waals surface area contributed by atoms with Gasteiger partial charge in [-0.3, -0.25) is 9.88 Å². The van der Waals surface area contributed by atoms with Gasteiger partial charge >= 0.3 is 0 Å². The van der Waals surface area contributed by atoms with Gasteiger partial charge in [0.1, 0.15) is 0 Å². The quantitative estimate of drug-likeness (QED) is 0.862. The van der Waals surface area contributed by atoms with E-state index < -0.39 is 5.60 Å². The Bertz CT molecular complexity index is 394. The minimum atomic E-state index is -0.881. The highest BCUT2D eigenvalue weighted by Crippen LogP contribution is 2.22. The van der Waals surface area contributed by atoms with Gasteiger partial charge in [-0.1, -0.05) is 13.0 Å². The van der Waals surface area contributed by atoms with E-state index in [1.54, 1.807) is 0 Å². The molecule has 1 fully saturated rings. The maximum absolute atomic E-state index is 10.1. The zero-order chi connectivity index (χ0) is 13.7. The Balaban J connectivity index is 1.92. The maximum Gasteiger partial charge on any atom is 0.0890 e. The first kappa shape index (κ1) is 14.4. The fraction of sp³-hybridized carbons (Fsp3) is 0.667. The minimum Gasteiger partial charge on any atom is -0.393 e. The Morgan fingerprint density at radius 1 is 1.32 bits per heavy atom. The van der Waals surface area contributed by atoms with Gasteiger partial charge in [0, 0.05) is 19.3 Å². The molecule has 4 heteroatoms. The summed E-state index contributed by atoms with van der Waals surface area (Å²) >= 11 is 0. The Hall–Kier alpha value is -0.970. The summed E-state index contributed by atoms with van der Waals surface area (Å²) in [6.45, 7) is 4.59. The van der Waals surface area contributed by atoms with Crippen molar-refractivity contribution in [3.8, 4) is 0 Å². The van der Waals surface area contributed by atoms with Crippen LogP contribution in [0.3, 0.4) is 0 Å². The summed E-state index contributed by atoms with van der Waals surface area (Å²) in [6.07, 6.45) is 5.20. The largest absolute Gasteiger partial charge is 0.393 e. The van der Waals surface area contributed by atoms with Crippen LogP contribution in [0, 0.1) is 0 Å². The molecule has 4 nitrogen and oxygen atoms in total. The lowest BCUT2D eigenvalue weighted by Gasteiger charge is -2.24. The van der Waals surface area contributed by atoms with E-state index in [1.807, 2.05) is 6.20 Å². The first-order valence-corrected chi connectivity index (χ1v) is 7.14. The molecule has 2 N–H and O–H groups in total. The predicted octanol–water partition coefficient (Wildman–Crippen LogP) is 1.35. The summed E-state index contributed by atoms with van der Waals surface area (Å²) in [6, 6.07) is 4.21. The predicted molar refractivity (Wildman–Crippen MR) is 74.8 cm³/mol. The number of aryl methyl sites for hydroxylation is 1. The molecule has 1 aromatic heterocycles. The molecule has 19 heavy (non-hydrogen) atoms. The van der Waals surface area contributed by atoms with E-state index >= 15 is 0 Å². The smallest absolute Gasteiger partial charge is 0.0890 e. The summed E-state index contributed by atoms with van der Waals surface area (Å²) in [5.41, 5.74) is 1.45. The third kappa shape index (κ3) is 4.00. The van der Waals surface area contributed by atoms with Crippen LogP contribution in [-0.2, 0) is 13.0 Å². The Kier molecular flexibility index (Phi) is 4.91. The van der Waals surface area contributed by atoms with E-state index in [9.17, 15) is 10.2 Å². The Labute approximate surface area is 115 Å². The summed E-state index contributed by atoms with van der Waals surface area (Å²) in [7, 11) is 0. The van der Waals surface area contributed by atoms with Gasteiger partial charge in [-0.15, -0.1) is 0 Å². The molecule has 0 aliphatic carbocycles. The van der Waals surface area contributed by atoms with Crippen LogP contribution in [0.4, 0.5) is 0 Å². The van der Waals surface area contributed by atoms with Crippen molar-refractivity contribution in [1.82, 2.24) is 9.88 Å². The molecule has 0 unspecified atom stereocenters. The van der Waals surface area contributed by atoms with Crippen molar-refractivity contribution in [2.45, 2.75) is 44.8 Å². The number of aromatic nitrogens is 1. The van der Waals surface area contributed by atoms with E-state index in [2.05, 4.69) is 28.9 Å². The van der Waals surface area contributed by atoms with Crippen LogP contribution in [0.2, 0.25) is 0 Å². The van der Waals surface area contributed by atoms with Gasteiger partial charge in [0.15, 0.2) is 0 Å². The highest BCUT2D eigenvalue weighted by molar-refractivity contribution is 5.13. The molecular formula is C15H24N2O2. The van der Waals surface area contributed by atoms with E-state index in [0.717, 1.165) is 38.2 Å². The topological polar surface area (TPSA) is 56.6 Å². The number of nitrogens with zero attached hydrogens (tertiary/aromatic N) is 2. The molecular weight excluding hydrogens is 240 g/mol. The molecule has 0 amide bonds. The Morgan fingerprint density at radius 3 is 2.79 bits per heavy atom. The minimum absolute atomic E-state index is 0.135. The lowest BCUT2D eigenvalue weighted by Crippen LogP contribution is -2.34. The molecule has 0 aromatic carbocycles. The SMILES string of the molecule is CCc1ccc(CN2CCC[C@](O)(CO)CC2)nc1. The molecule has 2 heterocycles. The van der Waals surface area contributed by atoms with Gasteiger partial charge < -0.3 is 10.2 Å². The average Bonchev–Trinajstić information content (AvgIpc) is 2.63. The van der Waals surface area contributed by atoms with Crippen molar-refractivity contribution in [3.63, 3.8) is 0 Å². The van der Waals surface area contributed by atoms with Crippen molar-refractivity contribution < 1.29 is 10.2 Å². The summed E-state index contributed by atoms with van der Waals surface area (Å²) < 4.78 is 0. The Morgan fingerprint density at radius 2 is 2.16 bits per heavy atom. The summed E-state index contributed by atoms with van der Waals surface area (Å²) in [5, 5.41) is 19.3. The normalized spacial score (nSPS) is 25.2. The van der Waals surface area contributed by atoms with Gasteiger partial charge in [0.25, 0.3) is 0 Å². The van der Waals surface area contributed by atoms with E-state index in [1.165, 1.54) is 5.56 Å². The van der Waals surface area contributed by atoms with Gasteiger partial charge in [0.05, 0.1) is 17.9 Å². The number of hydrogen-bond acceptors (Lipinski definition) is 4. The number of likely N-dealkylation sites (tertiary alicyclic amines) is 1. The molecule has 1 aromatic rings. The van der Waals surface area contributed by atoms with Crippen LogP contribution in [0.15, 0.2) is 18.3 Å². The van der Waals surface area contributed by atoms with Gasteiger partial charge in [-0.25, -0.2) is 0 Å². The van der Waals surface area contributed by atoms with Crippen molar-refractivity contribution >= 4 is 0 Å². The molecule has 1 aliphatic heterocycles. The van der Waals surface area contributed by atoms with Gasteiger partial charge in [-0.2, -0.15) is 0 Å². The van der Waals surface area contributed by atoms with Crippen LogP contribution in [-0.4, -0.2) is 45.4 Å². The number of hydrogen-bond donors (Lipinski definition) is 2. The fourth-order valence-electron chi connectivity index (χ4n) is 2.54. The molecule has 1 aliphatic rings. The second-order valence-electron chi connectivity index (χ2n) is 5.52. The highest BCUT2D eigenvalue weighted by Gasteiger charge is 2.29. The zero-order valence-electron chi connectivity index (χ0n) is 11.7. The van der Waals surface area contributed by atoms with Crippen LogP contribution in [0.1, 0.15) is 37.4 Å². The molecule has 0 saturated carbocycles. The van der Waals surface area contributed by atoms with Crippen LogP contribution >= 0.6 is 0 Å². The van der Waals surface area contributed by atoms with E-state index in [4.69, 9.17) is 0 Å². The third-order valence-electron chi connectivity index (χ3n) is 3.98. The third-order valence-corrected chi connectivity index (χ3v) is 3.98. The molecule has 1 saturated heterocycles. The summed E-state index contributed by atoms with van der Waals surface area (Å²) in [5.74, 6) is 0. The molecule has 2 rings (SSSR count). The standard InChI is InChI=1S/C15H24N2O2/c1-2-13-4-5-14(16-10-13)11-17-8-3-6-15(19,12-18)7-9-17/h4-5,10,18-19H,2-3,6-9,11-12H2,1H3/t15-/m1/s1. The van der Waals surface area contributed by atoms with E-state index in [0.29, 0.717) is 12.8 Å². The zero-order valence-corrected chi connectivity index (χ0v) is 11.7. The number of aliphatic hydroxyl groups is 2. The van der Waals surface area contributed by atoms with Crippen molar-refractivity contribution in [2.75, 3.05) is 19.7 Å². The lowest BCUT2D eigenvalue weighted by atomic mass is 9.96. The van der Waals surface area contributed by atoms with Gasteiger partial charge in [-0.05, 0) is 43.9 Å². The highest BCUT2D eigenvalue weighted by atomic mass is 16.3.